The van der Waals surface area contributed by atoms with Crippen molar-refractivity contribution >= 4 is 50.5 Å². The van der Waals surface area contributed by atoms with Gasteiger partial charge >= 0.3 is 0 Å². The highest BCUT2D eigenvalue weighted by atomic mass is 32.2. The van der Waals surface area contributed by atoms with E-state index >= 15 is 0 Å². The van der Waals surface area contributed by atoms with E-state index in [0.29, 0.717) is 0 Å². The van der Waals surface area contributed by atoms with E-state index in [4.69, 9.17) is 0 Å². The van der Waals surface area contributed by atoms with Gasteiger partial charge in [0.25, 0.3) is 0 Å². The third kappa shape index (κ3) is 2.86. The molecule has 0 nitrogen and oxygen atoms in total. The summed E-state index contributed by atoms with van der Waals surface area (Å²) in [6.07, 6.45) is 0. The molecular weight excluding hydrogens is 212 g/mol. The normalized spacial score (nSPS) is 11.6. The first-order valence-electron chi connectivity index (χ1n) is 2.97. The second kappa shape index (κ2) is 3.56. The van der Waals surface area contributed by atoms with E-state index in [0.717, 1.165) is 10.5 Å². The molecule has 1 aromatic rings. The van der Waals surface area contributed by atoms with Crippen molar-refractivity contribution in [1.82, 2.24) is 0 Å². The fourth-order valence-corrected chi connectivity index (χ4v) is 1.36. The predicted molar refractivity (Wildman–Crippen MR) is 62.3 cm³/mol. The Morgan fingerprint density at radius 1 is 1.09 bits per heavy atom. The number of hydrogen-bond donors (Lipinski definition) is 4. The fraction of sp³-hybridized carbons (Fsp3) is 0.143. The summed E-state index contributed by atoms with van der Waals surface area (Å²) in [5, 5.41) is 0. The van der Waals surface area contributed by atoms with Crippen LogP contribution in [0.2, 0.25) is 0 Å². The molecule has 0 aliphatic carbocycles. The van der Waals surface area contributed by atoms with Gasteiger partial charge in [-0.15, -0.1) is 50.5 Å². The van der Waals surface area contributed by atoms with Crippen LogP contribution in [0.1, 0.15) is 5.56 Å². The Kier molecular flexibility index (Phi) is 3.14. The maximum atomic E-state index is 4.19. The van der Waals surface area contributed by atoms with Crippen molar-refractivity contribution in [3.8, 4) is 0 Å². The van der Waals surface area contributed by atoms with Gasteiger partial charge < -0.3 is 0 Å². The van der Waals surface area contributed by atoms with E-state index in [1.165, 1.54) is 0 Å². The van der Waals surface area contributed by atoms with E-state index in [1.807, 2.05) is 24.3 Å². The summed E-state index contributed by atoms with van der Waals surface area (Å²) in [6.45, 7) is 0. The van der Waals surface area contributed by atoms with E-state index in [2.05, 4.69) is 50.5 Å². The maximum Gasteiger partial charge on any atom is 0.124 e. The summed E-state index contributed by atoms with van der Waals surface area (Å²) in [5.41, 5.74) is 0.931. The highest BCUT2D eigenvalue weighted by Gasteiger charge is 2.16. The summed E-state index contributed by atoms with van der Waals surface area (Å²) in [5.74, 6) is 0. The van der Waals surface area contributed by atoms with Gasteiger partial charge in [0, 0.05) is 4.90 Å². The molecule has 1 aromatic carbocycles. The van der Waals surface area contributed by atoms with Crippen LogP contribution in [0.5, 0.6) is 0 Å². The van der Waals surface area contributed by atoms with Gasteiger partial charge in [-0.05, 0) is 17.7 Å². The van der Waals surface area contributed by atoms with E-state index in [-0.39, 0.29) is 0 Å². The van der Waals surface area contributed by atoms with Gasteiger partial charge in [0.15, 0.2) is 0 Å². The number of thiol groups is 4. The third-order valence-electron chi connectivity index (χ3n) is 1.23. The highest BCUT2D eigenvalue weighted by molar-refractivity contribution is 8.15. The van der Waals surface area contributed by atoms with Crippen LogP contribution < -0.4 is 0 Å². The van der Waals surface area contributed by atoms with Gasteiger partial charge in [-0.1, -0.05) is 12.1 Å². The van der Waals surface area contributed by atoms with Crippen LogP contribution in [0.15, 0.2) is 29.2 Å². The van der Waals surface area contributed by atoms with Crippen LogP contribution >= 0.6 is 50.5 Å². The maximum absolute atomic E-state index is 4.19. The molecule has 0 aliphatic rings. The average molecular weight is 220 g/mol. The molecule has 0 unspecified atom stereocenters. The topological polar surface area (TPSA) is 0 Å². The van der Waals surface area contributed by atoms with Crippen LogP contribution in [-0.4, -0.2) is 0 Å². The van der Waals surface area contributed by atoms with Crippen molar-refractivity contribution in [2.75, 3.05) is 0 Å². The molecule has 0 saturated heterocycles. The van der Waals surface area contributed by atoms with E-state index < -0.39 is 3.41 Å². The van der Waals surface area contributed by atoms with Gasteiger partial charge in [-0.3, -0.25) is 0 Å². The van der Waals surface area contributed by atoms with Crippen molar-refractivity contribution in [3.63, 3.8) is 0 Å². The van der Waals surface area contributed by atoms with E-state index in [1.54, 1.807) is 0 Å². The molecular formula is C7H8S4. The summed E-state index contributed by atoms with van der Waals surface area (Å²) < 4.78 is -0.682. The Balaban J connectivity index is 3.06. The summed E-state index contributed by atoms with van der Waals surface area (Å²) >= 11 is 16.7. The van der Waals surface area contributed by atoms with Gasteiger partial charge in [-0.25, -0.2) is 0 Å². The molecule has 0 atom stereocenters. The second-order valence-corrected chi connectivity index (χ2v) is 5.77. The second-order valence-electron chi connectivity index (χ2n) is 2.19. The van der Waals surface area contributed by atoms with Crippen molar-refractivity contribution in [2.24, 2.45) is 0 Å². The monoisotopic (exact) mass is 220 g/mol. The molecule has 0 aliphatic heterocycles. The lowest BCUT2D eigenvalue weighted by atomic mass is 10.2. The fourth-order valence-electron chi connectivity index (χ4n) is 0.715. The molecule has 0 fully saturated rings. The third-order valence-corrected chi connectivity index (χ3v) is 2.29. The Morgan fingerprint density at radius 2 is 1.73 bits per heavy atom. The first-order chi connectivity index (χ1) is 5.00. The molecule has 60 valence electrons. The van der Waals surface area contributed by atoms with Crippen LogP contribution in [0.3, 0.4) is 0 Å². The minimum absolute atomic E-state index is 0.682. The lowest BCUT2D eigenvalue weighted by Gasteiger charge is -2.15. The minimum Gasteiger partial charge on any atom is -0.147 e. The molecule has 0 amide bonds. The Hall–Kier alpha value is 0.620. The van der Waals surface area contributed by atoms with Crippen LogP contribution in [-0.2, 0) is 3.41 Å². The number of hydrogen-bond acceptors (Lipinski definition) is 4. The van der Waals surface area contributed by atoms with E-state index in [9.17, 15) is 0 Å². The molecule has 0 radical (unpaired) electrons. The van der Waals surface area contributed by atoms with Gasteiger partial charge in [0.1, 0.15) is 3.41 Å². The zero-order chi connectivity index (χ0) is 8.48. The first kappa shape index (κ1) is 9.71. The van der Waals surface area contributed by atoms with Crippen molar-refractivity contribution in [3.05, 3.63) is 29.8 Å². The Bertz CT molecular complexity index is 251. The van der Waals surface area contributed by atoms with Gasteiger partial charge in [-0.2, -0.15) is 0 Å². The molecule has 0 bridgehead atoms. The number of benzene rings is 1. The molecule has 0 heterocycles. The molecule has 0 spiro atoms. The Morgan fingerprint density at radius 3 is 2.09 bits per heavy atom. The Labute approximate surface area is 88.4 Å². The van der Waals surface area contributed by atoms with Crippen LogP contribution in [0.25, 0.3) is 0 Å². The van der Waals surface area contributed by atoms with Crippen molar-refractivity contribution in [2.45, 2.75) is 8.31 Å². The smallest absolute Gasteiger partial charge is 0.124 e. The summed E-state index contributed by atoms with van der Waals surface area (Å²) in [6, 6.07) is 7.59. The van der Waals surface area contributed by atoms with Crippen molar-refractivity contribution in [1.29, 1.82) is 0 Å². The predicted octanol–water partition coefficient (Wildman–Crippen LogP) is 2.88. The summed E-state index contributed by atoms with van der Waals surface area (Å²) in [7, 11) is 0. The quantitative estimate of drug-likeness (QED) is 0.406. The van der Waals surface area contributed by atoms with Crippen LogP contribution in [0, 0.1) is 0 Å². The molecule has 0 N–H and O–H groups in total. The van der Waals surface area contributed by atoms with Crippen LogP contribution in [0.4, 0.5) is 0 Å². The molecule has 0 aromatic heterocycles. The minimum atomic E-state index is -0.682. The zero-order valence-electron chi connectivity index (χ0n) is 5.60. The SMILES string of the molecule is Sc1cccc(C(S)(S)S)c1. The molecule has 1 rings (SSSR count). The molecule has 0 saturated carbocycles. The average Bonchev–Trinajstić information content (AvgIpc) is 1.86. The molecule has 11 heavy (non-hydrogen) atoms. The highest BCUT2D eigenvalue weighted by Crippen LogP contribution is 2.37. The van der Waals surface area contributed by atoms with Crippen molar-refractivity contribution < 1.29 is 0 Å². The standard InChI is InChI=1S/C7H8S4/c8-6-3-1-2-5(4-6)7(9,10)11/h1-4,8-11H. The lowest BCUT2D eigenvalue weighted by molar-refractivity contribution is 1.28. The zero-order valence-corrected chi connectivity index (χ0v) is 9.18. The first-order valence-corrected chi connectivity index (χ1v) is 4.75. The van der Waals surface area contributed by atoms with Gasteiger partial charge in [0.2, 0.25) is 0 Å². The number of rotatable bonds is 1. The molecule has 4 heteroatoms. The summed E-state index contributed by atoms with van der Waals surface area (Å²) in [4.78, 5) is 0.893. The largest absolute Gasteiger partial charge is 0.147 e. The lowest BCUT2D eigenvalue weighted by Crippen LogP contribution is -1.99. The van der Waals surface area contributed by atoms with Gasteiger partial charge in [0.05, 0.1) is 0 Å².